The van der Waals surface area contributed by atoms with E-state index in [0.717, 1.165) is 12.1 Å². The maximum Gasteiger partial charge on any atom is 0.421 e. The van der Waals surface area contributed by atoms with Crippen LogP contribution >= 0.6 is 0 Å². The van der Waals surface area contributed by atoms with Crippen LogP contribution in [0.25, 0.3) is 44.1 Å². The Morgan fingerprint density at radius 2 is 1.50 bits per heavy atom. The lowest BCUT2D eigenvalue weighted by Gasteiger charge is -2.30. The van der Waals surface area contributed by atoms with E-state index in [2.05, 4.69) is 116 Å². The third kappa shape index (κ3) is 2.91. The molecule has 7 rings (SSSR count). The number of rotatable bonds is 2. The fourth-order valence-corrected chi connectivity index (χ4v) is 6.50. The molecule has 0 fully saturated rings. The van der Waals surface area contributed by atoms with Crippen LogP contribution in [0.2, 0.25) is 0 Å². The first-order valence-corrected chi connectivity index (χ1v) is 12.9. The number of hydrogen-bond donors (Lipinski definition) is 0. The molecule has 36 heavy (non-hydrogen) atoms. The van der Waals surface area contributed by atoms with Gasteiger partial charge in [0.2, 0.25) is 0 Å². The lowest BCUT2D eigenvalue weighted by molar-refractivity contribution is 0.412. The number of aryl methyl sites for hydroxylation is 2. The Kier molecular flexibility index (Phi) is 4.40. The van der Waals surface area contributed by atoms with E-state index in [1.807, 2.05) is 6.20 Å². The van der Waals surface area contributed by atoms with Gasteiger partial charge in [0, 0.05) is 28.0 Å². The topological polar surface area (TPSA) is 22.8 Å². The predicted molar refractivity (Wildman–Crippen MR) is 153 cm³/mol. The van der Waals surface area contributed by atoms with Crippen LogP contribution in [0.1, 0.15) is 37.5 Å². The zero-order chi connectivity index (χ0) is 24.8. The molecule has 3 nitrogen and oxygen atoms in total. The molecular weight excluding hydrogens is 437 g/mol. The summed E-state index contributed by atoms with van der Waals surface area (Å²) < 4.78 is 5.15. The van der Waals surface area contributed by atoms with E-state index in [-0.39, 0.29) is 12.4 Å². The molecule has 4 heterocycles. The molecule has 6 aromatic rings. The SMILES string of the molecule is Cc1cccc(C)c1B1n2c(cc3ccccc32)-c2nccc3c4cccc(CC(C)(C)C)c4n1c23. The number of fused-ring (bicyclic) bond motifs is 7. The monoisotopic (exact) mass is 467 g/mol. The number of aromatic nitrogens is 3. The molecule has 0 saturated carbocycles. The second kappa shape index (κ2) is 7.36. The van der Waals surface area contributed by atoms with Gasteiger partial charge in [0.05, 0.1) is 11.2 Å². The van der Waals surface area contributed by atoms with Crippen molar-refractivity contribution in [2.24, 2.45) is 5.41 Å². The van der Waals surface area contributed by atoms with E-state index in [0.29, 0.717) is 0 Å². The number of pyridine rings is 1. The summed E-state index contributed by atoms with van der Waals surface area (Å²) in [4.78, 5) is 5.00. The molecule has 0 atom stereocenters. The zero-order valence-corrected chi connectivity index (χ0v) is 21.6. The Morgan fingerprint density at radius 3 is 2.28 bits per heavy atom. The highest BCUT2D eigenvalue weighted by Gasteiger charge is 2.38. The zero-order valence-electron chi connectivity index (χ0n) is 21.6. The van der Waals surface area contributed by atoms with Crippen LogP contribution in [0.3, 0.4) is 0 Å². The van der Waals surface area contributed by atoms with Crippen molar-refractivity contribution in [1.82, 2.24) is 13.9 Å². The number of benzene rings is 3. The lowest BCUT2D eigenvalue weighted by atomic mass is 9.61. The highest BCUT2D eigenvalue weighted by atomic mass is 15.1. The quantitative estimate of drug-likeness (QED) is 0.248. The average molecular weight is 467 g/mol. The molecule has 0 N–H and O–H groups in total. The van der Waals surface area contributed by atoms with Gasteiger partial charge in [0.15, 0.2) is 0 Å². The summed E-state index contributed by atoms with van der Waals surface area (Å²) in [7, 11) is 0. The van der Waals surface area contributed by atoms with Gasteiger partial charge < -0.3 is 8.96 Å². The molecule has 0 bridgehead atoms. The molecule has 3 aromatic heterocycles. The Bertz CT molecular complexity index is 1810. The maximum atomic E-state index is 5.00. The highest BCUT2D eigenvalue weighted by molar-refractivity contribution is 6.75. The van der Waals surface area contributed by atoms with Crippen molar-refractivity contribution >= 4 is 45.2 Å². The van der Waals surface area contributed by atoms with Crippen molar-refractivity contribution in [1.29, 1.82) is 0 Å². The molecule has 0 amide bonds. The van der Waals surface area contributed by atoms with Crippen molar-refractivity contribution in [2.45, 2.75) is 41.0 Å². The van der Waals surface area contributed by atoms with E-state index < -0.39 is 0 Å². The molecular formula is C32H30BN3. The van der Waals surface area contributed by atoms with Gasteiger partial charge in [-0.3, -0.25) is 4.98 Å². The predicted octanol–water partition coefficient (Wildman–Crippen LogP) is 7.12. The molecule has 1 aliphatic heterocycles. The molecule has 0 radical (unpaired) electrons. The van der Waals surface area contributed by atoms with Crippen LogP contribution in [0.5, 0.6) is 0 Å². The van der Waals surface area contributed by atoms with Gasteiger partial charge in [-0.2, -0.15) is 0 Å². The number of para-hydroxylation sites is 2. The summed E-state index contributed by atoms with van der Waals surface area (Å²) in [6.07, 6.45) is 3.00. The van der Waals surface area contributed by atoms with Gasteiger partial charge in [-0.25, -0.2) is 0 Å². The molecule has 0 saturated heterocycles. The lowest BCUT2D eigenvalue weighted by Crippen LogP contribution is -2.49. The molecule has 0 unspecified atom stereocenters. The van der Waals surface area contributed by atoms with Crippen molar-refractivity contribution < 1.29 is 0 Å². The third-order valence-corrected chi connectivity index (χ3v) is 7.82. The summed E-state index contributed by atoms with van der Waals surface area (Å²) in [6.45, 7) is 11.5. The van der Waals surface area contributed by atoms with E-state index in [1.54, 1.807) is 0 Å². The van der Waals surface area contributed by atoms with E-state index >= 15 is 0 Å². The average Bonchev–Trinajstić information content (AvgIpc) is 3.38. The maximum absolute atomic E-state index is 5.00. The normalized spacial score (nSPS) is 13.2. The fourth-order valence-electron chi connectivity index (χ4n) is 6.50. The van der Waals surface area contributed by atoms with Crippen LogP contribution < -0.4 is 5.46 Å². The summed E-state index contributed by atoms with van der Waals surface area (Å²) >= 11 is 0. The Morgan fingerprint density at radius 1 is 0.778 bits per heavy atom. The van der Waals surface area contributed by atoms with E-state index in [9.17, 15) is 0 Å². The van der Waals surface area contributed by atoms with E-state index in [1.165, 1.54) is 60.6 Å². The van der Waals surface area contributed by atoms with Gasteiger partial charge in [-0.05, 0) is 60.3 Å². The van der Waals surface area contributed by atoms with Crippen LogP contribution in [0.4, 0.5) is 0 Å². The van der Waals surface area contributed by atoms with Crippen molar-refractivity contribution in [3.05, 3.63) is 95.7 Å². The highest BCUT2D eigenvalue weighted by Crippen LogP contribution is 2.42. The third-order valence-electron chi connectivity index (χ3n) is 7.82. The Hall–Kier alpha value is -3.79. The molecule has 0 spiro atoms. The van der Waals surface area contributed by atoms with Gasteiger partial charge in [0.1, 0.15) is 5.69 Å². The molecule has 0 aliphatic carbocycles. The molecule has 1 aliphatic rings. The van der Waals surface area contributed by atoms with E-state index in [4.69, 9.17) is 4.98 Å². The van der Waals surface area contributed by atoms with Gasteiger partial charge >= 0.3 is 6.98 Å². The standard InChI is InChI=1S/C32H30BN3/c1-20-10-8-11-21(2)28(20)33-35-26-15-7-6-12-22(26)18-27(35)29-31-25(16-17-34-29)24-14-9-13-23(19-32(3,4)5)30(24)36(31)33/h6-18H,19H2,1-5H3. The molecule has 3 aromatic carbocycles. The minimum absolute atomic E-state index is 0.0129. The van der Waals surface area contributed by atoms with Crippen LogP contribution in [-0.2, 0) is 6.42 Å². The minimum atomic E-state index is 0.0129. The van der Waals surface area contributed by atoms with Crippen molar-refractivity contribution in [3.8, 4) is 11.4 Å². The number of nitrogens with zero attached hydrogens (tertiary/aromatic N) is 3. The Balaban J connectivity index is 1.72. The molecule has 176 valence electrons. The summed E-state index contributed by atoms with van der Waals surface area (Å²) in [5.41, 5.74) is 11.7. The first-order chi connectivity index (χ1) is 17.3. The number of hydrogen-bond acceptors (Lipinski definition) is 1. The van der Waals surface area contributed by atoms with Crippen LogP contribution in [0.15, 0.2) is 79.0 Å². The Labute approximate surface area is 212 Å². The second-order valence-corrected chi connectivity index (χ2v) is 11.6. The molecule has 4 heteroatoms. The van der Waals surface area contributed by atoms with Gasteiger partial charge in [0.25, 0.3) is 0 Å². The summed E-state index contributed by atoms with van der Waals surface area (Å²) in [5, 5.41) is 3.87. The first kappa shape index (κ1) is 21.5. The van der Waals surface area contributed by atoms with Gasteiger partial charge in [-0.1, -0.05) is 86.5 Å². The van der Waals surface area contributed by atoms with Crippen LogP contribution in [0, 0.1) is 19.3 Å². The summed E-state index contributed by atoms with van der Waals surface area (Å²) in [5.74, 6) is 0. The first-order valence-electron chi connectivity index (χ1n) is 12.9. The van der Waals surface area contributed by atoms with Crippen molar-refractivity contribution in [2.75, 3.05) is 0 Å². The minimum Gasteiger partial charge on any atom is -0.359 e. The second-order valence-electron chi connectivity index (χ2n) is 11.6. The van der Waals surface area contributed by atoms with Gasteiger partial charge in [-0.15, -0.1) is 0 Å². The van der Waals surface area contributed by atoms with Crippen molar-refractivity contribution in [3.63, 3.8) is 0 Å². The van der Waals surface area contributed by atoms with Crippen LogP contribution in [-0.4, -0.2) is 20.9 Å². The smallest absolute Gasteiger partial charge is 0.359 e. The summed E-state index contributed by atoms with van der Waals surface area (Å²) in [6, 6.07) is 26.8. The largest absolute Gasteiger partial charge is 0.421 e. The fraction of sp³-hybridized carbons (Fsp3) is 0.219.